The van der Waals surface area contributed by atoms with Gasteiger partial charge in [0.15, 0.2) is 11.5 Å². The molecule has 0 spiro atoms. The van der Waals surface area contributed by atoms with Gasteiger partial charge in [-0.25, -0.2) is 4.98 Å². The Bertz CT molecular complexity index is 944. The molecule has 0 aliphatic carbocycles. The number of carbonyl (C=O) groups is 1. The SMILES string of the molecule is CC(C)(C)CN(NC(=O)C(C)(C)c1ccccc1)c1cc(C(F)(F)F)nc(C#N)n1. The first-order valence-electron chi connectivity index (χ1n) is 9.24. The molecule has 2 rings (SSSR count). The number of halogens is 3. The molecule has 0 aliphatic heterocycles. The number of hydrogen-bond donors (Lipinski definition) is 1. The zero-order chi connectivity index (χ0) is 22.7. The Kier molecular flexibility index (Phi) is 6.40. The van der Waals surface area contributed by atoms with Crippen LogP contribution in [0.15, 0.2) is 36.4 Å². The Morgan fingerprint density at radius 1 is 1.10 bits per heavy atom. The summed E-state index contributed by atoms with van der Waals surface area (Å²) >= 11 is 0. The third-order valence-corrected chi connectivity index (χ3v) is 4.31. The number of nitrogens with zero attached hydrogens (tertiary/aromatic N) is 4. The molecule has 0 bridgehead atoms. The molecule has 1 aromatic heterocycles. The van der Waals surface area contributed by atoms with Gasteiger partial charge in [0.1, 0.15) is 6.07 Å². The zero-order valence-electron chi connectivity index (χ0n) is 17.5. The van der Waals surface area contributed by atoms with E-state index in [0.29, 0.717) is 0 Å². The lowest BCUT2D eigenvalue weighted by Crippen LogP contribution is -2.52. The molecule has 1 heterocycles. The van der Waals surface area contributed by atoms with Gasteiger partial charge in [-0.05, 0) is 24.8 Å². The molecule has 1 aromatic carbocycles. The van der Waals surface area contributed by atoms with Crippen molar-refractivity contribution in [3.05, 3.63) is 53.5 Å². The van der Waals surface area contributed by atoms with E-state index in [9.17, 15) is 18.0 Å². The molecule has 6 nitrogen and oxygen atoms in total. The van der Waals surface area contributed by atoms with Gasteiger partial charge in [-0.15, -0.1) is 0 Å². The molecule has 0 atom stereocenters. The summed E-state index contributed by atoms with van der Waals surface area (Å²) in [6, 6.07) is 11.3. The van der Waals surface area contributed by atoms with E-state index in [1.54, 1.807) is 44.2 Å². The van der Waals surface area contributed by atoms with Crippen molar-refractivity contribution < 1.29 is 18.0 Å². The molecular formula is C21H24F3N5O. The van der Waals surface area contributed by atoms with Gasteiger partial charge >= 0.3 is 6.18 Å². The number of hydrogen-bond acceptors (Lipinski definition) is 5. The first-order valence-corrected chi connectivity index (χ1v) is 9.24. The van der Waals surface area contributed by atoms with Crippen LogP contribution in [0.2, 0.25) is 0 Å². The molecule has 0 saturated heterocycles. The highest BCUT2D eigenvalue weighted by molar-refractivity contribution is 5.88. The highest BCUT2D eigenvalue weighted by Crippen LogP contribution is 2.31. The van der Waals surface area contributed by atoms with E-state index in [1.807, 2.05) is 26.8 Å². The van der Waals surface area contributed by atoms with E-state index in [2.05, 4.69) is 15.4 Å². The molecule has 0 fully saturated rings. The van der Waals surface area contributed by atoms with Crippen LogP contribution in [-0.4, -0.2) is 22.4 Å². The van der Waals surface area contributed by atoms with Crippen LogP contribution in [0.3, 0.4) is 0 Å². The van der Waals surface area contributed by atoms with Crippen molar-refractivity contribution >= 4 is 11.7 Å². The smallest absolute Gasteiger partial charge is 0.272 e. The molecule has 0 aliphatic rings. The van der Waals surface area contributed by atoms with Crippen molar-refractivity contribution in [3.63, 3.8) is 0 Å². The molecule has 1 amide bonds. The third-order valence-electron chi connectivity index (χ3n) is 4.31. The summed E-state index contributed by atoms with van der Waals surface area (Å²) in [5.41, 5.74) is 0.815. The predicted octanol–water partition coefficient (Wildman–Crippen LogP) is 4.23. The van der Waals surface area contributed by atoms with E-state index in [4.69, 9.17) is 5.26 Å². The summed E-state index contributed by atoms with van der Waals surface area (Å²) in [7, 11) is 0. The fourth-order valence-electron chi connectivity index (χ4n) is 2.67. The van der Waals surface area contributed by atoms with Gasteiger partial charge in [-0.3, -0.25) is 15.2 Å². The van der Waals surface area contributed by atoms with Gasteiger partial charge in [0.25, 0.3) is 0 Å². The number of alkyl halides is 3. The van der Waals surface area contributed by atoms with Gasteiger partial charge in [0.2, 0.25) is 11.7 Å². The summed E-state index contributed by atoms with van der Waals surface area (Å²) < 4.78 is 39.8. The summed E-state index contributed by atoms with van der Waals surface area (Å²) in [5, 5.41) is 10.3. The van der Waals surface area contributed by atoms with Gasteiger partial charge in [-0.2, -0.15) is 23.4 Å². The Hall–Kier alpha value is -3.15. The largest absolute Gasteiger partial charge is 0.433 e. The van der Waals surface area contributed by atoms with Crippen molar-refractivity contribution in [2.24, 2.45) is 5.41 Å². The lowest BCUT2D eigenvalue weighted by Gasteiger charge is -2.34. The fourth-order valence-corrected chi connectivity index (χ4v) is 2.67. The second-order valence-corrected chi connectivity index (χ2v) is 8.62. The molecular weight excluding hydrogens is 395 g/mol. The number of hydrazine groups is 1. The van der Waals surface area contributed by atoms with Crippen LogP contribution in [0, 0.1) is 16.7 Å². The number of amides is 1. The van der Waals surface area contributed by atoms with E-state index in [1.165, 1.54) is 5.01 Å². The summed E-state index contributed by atoms with van der Waals surface area (Å²) in [6.07, 6.45) is -4.76. The number of aromatic nitrogens is 2. The minimum atomic E-state index is -4.76. The van der Waals surface area contributed by atoms with Crippen LogP contribution >= 0.6 is 0 Å². The van der Waals surface area contributed by atoms with Gasteiger partial charge in [0, 0.05) is 12.6 Å². The molecule has 0 saturated carbocycles. The second kappa shape index (κ2) is 8.30. The van der Waals surface area contributed by atoms with Crippen LogP contribution in [0.25, 0.3) is 0 Å². The maximum Gasteiger partial charge on any atom is 0.433 e. The first-order chi connectivity index (χ1) is 13.7. The number of anilines is 1. The molecule has 160 valence electrons. The minimum Gasteiger partial charge on any atom is -0.272 e. The van der Waals surface area contributed by atoms with E-state index >= 15 is 0 Å². The number of rotatable bonds is 5. The van der Waals surface area contributed by atoms with Crippen LogP contribution in [0.4, 0.5) is 19.0 Å². The van der Waals surface area contributed by atoms with Gasteiger partial charge in [0.05, 0.1) is 5.41 Å². The molecule has 1 N–H and O–H groups in total. The quantitative estimate of drug-likeness (QED) is 0.734. The summed E-state index contributed by atoms with van der Waals surface area (Å²) in [6.45, 7) is 9.19. The summed E-state index contributed by atoms with van der Waals surface area (Å²) in [4.78, 5) is 20.2. The third kappa shape index (κ3) is 5.69. The lowest BCUT2D eigenvalue weighted by molar-refractivity contribution is -0.141. The maximum atomic E-state index is 13.3. The van der Waals surface area contributed by atoms with Crippen molar-refractivity contribution in [1.82, 2.24) is 15.4 Å². The molecule has 2 aromatic rings. The van der Waals surface area contributed by atoms with Gasteiger partial charge < -0.3 is 0 Å². The van der Waals surface area contributed by atoms with Crippen molar-refractivity contribution in [2.45, 2.75) is 46.2 Å². The molecule has 9 heteroatoms. The number of carbonyl (C=O) groups excluding carboxylic acids is 1. The lowest BCUT2D eigenvalue weighted by atomic mass is 9.84. The van der Waals surface area contributed by atoms with Crippen LogP contribution in [0.5, 0.6) is 0 Å². The van der Waals surface area contributed by atoms with Crippen molar-refractivity contribution in [2.75, 3.05) is 11.6 Å². The minimum absolute atomic E-state index is 0.156. The van der Waals surface area contributed by atoms with E-state index in [-0.39, 0.29) is 12.4 Å². The molecule has 30 heavy (non-hydrogen) atoms. The van der Waals surface area contributed by atoms with Crippen LogP contribution < -0.4 is 10.4 Å². The highest BCUT2D eigenvalue weighted by atomic mass is 19.4. The Morgan fingerprint density at radius 2 is 1.70 bits per heavy atom. The average Bonchev–Trinajstić information content (AvgIpc) is 2.65. The topological polar surface area (TPSA) is 81.9 Å². The number of nitrogens with one attached hydrogen (secondary N) is 1. The highest BCUT2D eigenvalue weighted by Gasteiger charge is 2.36. The first kappa shape index (κ1) is 23.1. The van der Waals surface area contributed by atoms with Crippen molar-refractivity contribution in [1.29, 1.82) is 5.26 Å². The van der Waals surface area contributed by atoms with E-state index in [0.717, 1.165) is 11.6 Å². The number of nitriles is 1. The zero-order valence-corrected chi connectivity index (χ0v) is 17.5. The Morgan fingerprint density at radius 3 is 2.20 bits per heavy atom. The standard InChI is InChI=1S/C21H24F3N5O/c1-19(2,3)13-29(17-11-15(21(22,23)24)26-16(12-25)27-17)28-18(30)20(4,5)14-9-7-6-8-10-14/h6-11H,13H2,1-5H3,(H,28,30). The monoisotopic (exact) mass is 419 g/mol. The molecule has 0 radical (unpaired) electrons. The average molecular weight is 419 g/mol. The van der Waals surface area contributed by atoms with Crippen molar-refractivity contribution in [3.8, 4) is 6.07 Å². The Balaban J connectivity index is 2.47. The van der Waals surface area contributed by atoms with Crippen LogP contribution in [0.1, 0.15) is 51.7 Å². The normalized spacial score (nSPS) is 12.2. The Labute approximate surface area is 173 Å². The second-order valence-electron chi connectivity index (χ2n) is 8.62. The fraction of sp³-hybridized carbons (Fsp3) is 0.429. The van der Waals surface area contributed by atoms with Crippen LogP contribution in [-0.2, 0) is 16.4 Å². The summed E-state index contributed by atoms with van der Waals surface area (Å²) in [5.74, 6) is -1.26. The number of benzene rings is 1. The van der Waals surface area contributed by atoms with Gasteiger partial charge in [-0.1, -0.05) is 51.1 Å². The molecule has 0 unspecified atom stereocenters. The maximum absolute atomic E-state index is 13.3. The predicted molar refractivity (Wildman–Crippen MR) is 106 cm³/mol. The van der Waals surface area contributed by atoms with E-state index < -0.39 is 34.4 Å².